The summed E-state index contributed by atoms with van der Waals surface area (Å²) in [5.74, 6) is -0.00101. The van der Waals surface area contributed by atoms with Crippen LogP contribution in [0.1, 0.15) is 38.7 Å². The third kappa shape index (κ3) is 3.78. The third-order valence-electron chi connectivity index (χ3n) is 4.95. The average Bonchev–Trinajstić information content (AvgIpc) is 3.00. The van der Waals surface area contributed by atoms with Gasteiger partial charge in [-0.05, 0) is 38.7 Å². The minimum atomic E-state index is -0.371. The zero-order valence-corrected chi connectivity index (χ0v) is 14.5. The first-order chi connectivity index (χ1) is 11.5. The molecule has 2 atom stereocenters. The molecule has 1 aromatic carbocycles. The zero-order valence-electron chi connectivity index (χ0n) is 14.5. The molecule has 3 rings (SSSR count). The summed E-state index contributed by atoms with van der Waals surface area (Å²) in [6.07, 6.45) is 2.91. The predicted octanol–water partition coefficient (Wildman–Crippen LogP) is 1.90. The Morgan fingerprint density at radius 1 is 1.33 bits per heavy atom. The van der Waals surface area contributed by atoms with Crippen molar-refractivity contribution in [3.63, 3.8) is 0 Å². The van der Waals surface area contributed by atoms with E-state index >= 15 is 0 Å². The fourth-order valence-electron chi connectivity index (χ4n) is 3.43. The van der Waals surface area contributed by atoms with Gasteiger partial charge >= 0.3 is 0 Å². The van der Waals surface area contributed by atoms with E-state index in [1.54, 1.807) is 0 Å². The number of nitrogens with one attached hydrogen (secondary N) is 1. The highest BCUT2D eigenvalue weighted by atomic mass is 16.5. The lowest BCUT2D eigenvalue weighted by Crippen LogP contribution is -2.61. The molecule has 1 N–H and O–H groups in total. The highest BCUT2D eigenvalue weighted by Crippen LogP contribution is 2.26. The molecule has 0 radical (unpaired) electrons. The molecule has 2 aliphatic heterocycles. The van der Waals surface area contributed by atoms with Gasteiger partial charge in [0.15, 0.2) is 0 Å². The summed E-state index contributed by atoms with van der Waals surface area (Å²) in [5.41, 5.74) is 0.945. The van der Waals surface area contributed by atoms with Crippen LogP contribution in [0.2, 0.25) is 0 Å². The van der Waals surface area contributed by atoms with Gasteiger partial charge in [0.05, 0.1) is 18.2 Å². The number of morpholine rings is 1. The molecule has 2 saturated heterocycles. The maximum atomic E-state index is 12.8. The number of hydrogen-bond acceptors (Lipinski definition) is 3. The largest absolute Gasteiger partial charge is 0.374 e. The Kier molecular flexibility index (Phi) is 4.90. The summed E-state index contributed by atoms with van der Waals surface area (Å²) >= 11 is 0. The topological polar surface area (TPSA) is 58.6 Å². The second kappa shape index (κ2) is 6.93. The quantitative estimate of drug-likeness (QED) is 0.917. The predicted molar refractivity (Wildman–Crippen MR) is 91.5 cm³/mol. The van der Waals surface area contributed by atoms with E-state index in [-0.39, 0.29) is 29.5 Å². The van der Waals surface area contributed by atoms with E-state index in [1.807, 2.05) is 36.9 Å². The molecule has 24 heavy (non-hydrogen) atoms. The molecule has 2 unspecified atom stereocenters. The number of nitrogens with zero attached hydrogens (tertiary/aromatic N) is 1. The smallest absolute Gasteiger partial charge is 0.245 e. The first-order valence-electron chi connectivity index (χ1n) is 8.72. The van der Waals surface area contributed by atoms with Gasteiger partial charge in [0.1, 0.15) is 6.04 Å². The third-order valence-corrected chi connectivity index (χ3v) is 4.95. The number of amides is 2. The van der Waals surface area contributed by atoms with Crippen molar-refractivity contribution in [2.24, 2.45) is 0 Å². The molecule has 5 heteroatoms. The van der Waals surface area contributed by atoms with Crippen molar-refractivity contribution in [1.29, 1.82) is 0 Å². The number of benzene rings is 1. The second-order valence-corrected chi connectivity index (χ2v) is 7.38. The zero-order chi connectivity index (χ0) is 17.2. The van der Waals surface area contributed by atoms with Gasteiger partial charge in [-0.1, -0.05) is 30.3 Å². The van der Waals surface area contributed by atoms with Crippen molar-refractivity contribution in [3.05, 3.63) is 35.9 Å². The van der Waals surface area contributed by atoms with Crippen LogP contribution >= 0.6 is 0 Å². The second-order valence-electron chi connectivity index (χ2n) is 7.38. The first-order valence-corrected chi connectivity index (χ1v) is 8.72. The van der Waals surface area contributed by atoms with Crippen LogP contribution in [-0.2, 0) is 20.7 Å². The van der Waals surface area contributed by atoms with Crippen LogP contribution < -0.4 is 5.32 Å². The summed E-state index contributed by atoms with van der Waals surface area (Å²) in [5, 5.41) is 2.79. The maximum Gasteiger partial charge on any atom is 0.245 e. The molecule has 0 aromatic heterocycles. The SMILES string of the molecule is CC1(C)COC(CCc2ccccc2)CN1C(=O)C1CCC(=O)N1. The number of aryl methyl sites for hydroxylation is 1. The molecule has 1 aromatic rings. The maximum absolute atomic E-state index is 12.8. The van der Waals surface area contributed by atoms with Gasteiger partial charge in [-0.3, -0.25) is 9.59 Å². The molecule has 2 aliphatic rings. The molecule has 0 saturated carbocycles. The number of rotatable bonds is 4. The van der Waals surface area contributed by atoms with Gasteiger partial charge in [0.2, 0.25) is 11.8 Å². The number of carbonyl (C=O) groups is 2. The molecule has 0 bridgehead atoms. The van der Waals surface area contributed by atoms with Crippen molar-refractivity contribution >= 4 is 11.8 Å². The Bertz CT molecular complexity index is 600. The van der Waals surface area contributed by atoms with Crippen LogP contribution in [0.15, 0.2) is 30.3 Å². The van der Waals surface area contributed by atoms with Crippen molar-refractivity contribution < 1.29 is 14.3 Å². The highest BCUT2D eigenvalue weighted by molar-refractivity contribution is 5.91. The van der Waals surface area contributed by atoms with E-state index in [1.165, 1.54) is 5.56 Å². The minimum absolute atomic E-state index is 0.0267. The van der Waals surface area contributed by atoms with E-state index in [4.69, 9.17) is 4.74 Å². The molecule has 0 aliphatic carbocycles. The van der Waals surface area contributed by atoms with Gasteiger partial charge in [0.25, 0.3) is 0 Å². The molecule has 5 nitrogen and oxygen atoms in total. The lowest BCUT2D eigenvalue weighted by atomic mass is 9.97. The molecule has 2 fully saturated rings. The van der Waals surface area contributed by atoms with Gasteiger partial charge in [-0.15, -0.1) is 0 Å². The monoisotopic (exact) mass is 330 g/mol. The molecule has 0 spiro atoms. The van der Waals surface area contributed by atoms with E-state index < -0.39 is 0 Å². The van der Waals surface area contributed by atoms with Crippen LogP contribution in [-0.4, -0.2) is 47.6 Å². The molecule has 130 valence electrons. The van der Waals surface area contributed by atoms with Crippen LogP contribution in [0.4, 0.5) is 0 Å². The number of ether oxygens (including phenoxy) is 1. The first kappa shape index (κ1) is 17.0. The fraction of sp³-hybridized carbons (Fsp3) is 0.579. The standard InChI is InChI=1S/C19H26N2O3/c1-19(2)13-24-15(9-8-14-6-4-3-5-7-14)12-21(19)18(23)16-10-11-17(22)20-16/h3-7,15-16H,8-13H2,1-2H3,(H,20,22). The highest BCUT2D eigenvalue weighted by Gasteiger charge is 2.41. The molecule has 2 heterocycles. The summed E-state index contributed by atoms with van der Waals surface area (Å²) in [4.78, 5) is 26.2. The number of hydrogen-bond donors (Lipinski definition) is 1. The van der Waals surface area contributed by atoms with E-state index in [9.17, 15) is 9.59 Å². The molecular weight excluding hydrogens is 304 g/mol. The van der Waals surface area contributed by atoms with Crippen molar-refractivity contribution in [2.75, 3.05) is 13.2 Å². The van der Waals surface area contributed by atoms with Gasteiger partial charge in [-0.25, -0.2) is 0 Å². The fourth-order valence-corrected chi connectivity index (χ4v) is 3.43. The van der Waals surface area contributed by atoms with Gasteiger partial charge in [-0.2, -0.15) is 0 Å². The van der Waals surface area contributed by atoms with Crippen molar-refractivity contribution in [3.8, 4) is 0 Å². The van der Waals surface area contributed by atoms with E-state index in [2.05, 4.69) is 17.4 Å². The molecular formula is C19H26N2O3. The summed E-state index contributed by atoms with van der Waals surface area (Å²) in [6.45, 7) is 5.16. The Hall–Kier alpha value is -1.88. The van der Waals surface area contributed by atoms with Crippen molar-refractivity contribution in [2.45, 2.75) is 57.2 Å². The Morgan fingerprint density at radius 3 is 2.75 bits per heavy atom. The van der Waals surface area contributed by atoms with Crippen LogP contribution in [0.3, 0.4) is 0 Å². The number of carbonyl (C=O) groups excluding carboxylic acids is 2. The summed E-state index contributed by atoms with van der Waals surface area (Å²) < 4.78 is 6.00. The average molecular weight is 330 g/mol. The van der Waals surface area contributed by atoms with Crippen LogP contribution in [0.5, 0.6) is 0 Å². The molecule has 2 amide bonds. The lowest BCUT2D eigenvalue weighted by molar-refractivity contribution is -0.156. The van der Waals surface area contributed by atoms with Crippen LogP contribution in [0, 0.1) is 0 Å². The Morgan fingerprint density at radius 2 is 2.08 bits per heavy atom. The van der Waals surface area contributed by atoms with E-state index in [0.29, 0.717) is 26.0 Å². The van der Waals surface area contributed by atoms with Crippen molar-refractivity contribution in [1.82, 2.24) is 10.2 Å². The summed E-state index contributed by atoms with van der Waals surface area (Å²) in [7, 11) is 0. The Balaban J connectivity index is 1.61. The Labute approximate surface area is 143 Å². The van der Waals surface area contributed by atoms with Gasteiger partial charge in [0, 0.05) is 13.0 Å². The lowest BCUT2D eigenvalue weighted by Gasteiger charge is -2.46. The summed E-state index contributed by atoms with van der Waals surface area (Å²) in [6, 6.07) is 9.95. The normalized spacial score (nSPS) is 26.2. The van der Waals surface area contributed by atoms with Crippen LogP contribution in [0.25, 0.3) is 0 Å². The van der Waals surface area contributed by atoms with Gasteiger partial charge < -0.3 is 15.0 Å². The minimum Gasteiger partial charge on any atom is -0.374 e. The van der Waals surface area contributed by atoms with E-state index in [0.717, 1.165) is 12.8 Å².